The van der Waals surface area contributed by atoms with Gasteiger partial charge in [0.15, 0.2) is 6.61 Å². The van der Waals surface area contributed by atoms with Crippen LogP contribution in [0.2, 0.25) is 0 Å². The fourth-order valence-corrected chi connectivity index (χ4v) is 3.23. The summed E-state index contributed by atoms with van der Waals surface area (Å²) in [7, 11) is 0. The van der Waals surface area contributed by atoms with Crippen molar-refractivity contribution < 1.29 is 24.2 Å². The normalized spacial score (nSPS) is 10.8. The summed E-state index contributed by atoms with van der Waals surface area (Å²) in [4.78, 5) is 34.1. The van der Waals surface area contributed by atoms with E-state index in [9.17, 15) is 14.4 Å². The molecule has 1 aromatic rings. The van der Waals surface area contributed by atoms with E-state index < -0.39 is 18.5 Å². The zero-order chi connectivity index (χ0) is 24.2. The topological polar surface area (TPSA) is 117 Å². The Morgan fingerprint density at radius 1 is 0.879 bits per heavy atom. The van der Waals surface area contributed by atoms with Crippen molar-refractivity contribution in [1.29, 1.82) is 0 Å². The van der Waals surface area contributed by atoms with Crippen molar-refractivity contribution in [2.24, 2.45) is 5.10 Å². The summed E-state index contributed by atoms with van der Waals surface area (Å²) in [6, 6.07) is 6.59. The van der Waals surface area contributed by atoms with Gasteiger partial charge in [0.1, 0.15) is 5.75 Å². The molecule has 0 fully saturated rings. The molecular formula is C25H39N3O5. The molecule has 0 aliphatic heterocycles. The highest BCUT2D eigenvalue weighted by Gasteiger charge is 2.05. The van der Waals surface area contributed by atoms with Crippen molar-refractivity contribution in [3.8, 4) is 5.75 Å². The Kier molecular flexibility index (Phi) is 15.9. The number of carboxylic acids is 1. The van der Waals surface area contributed by atoms with Crippen LogP contribution in [0.3, 0.4) is 0 Å². The molecule has 0 saturated heterocycles. The second kappa shape index (κ2) is 18.7. The van der Waals surface area contributed by atoms with Gasteiger partial charge in [-0.05, 0) is 36.2 Å². The van der Waals surface area contributed by atoms with Crippen LogP contribution < -0.4 is 15.5 Å². The minimum atomic E-state index is -1.05. The SMILES string of the molecule is CCCCCCCCCCCCCC(=O)NCC(=O)NN=Cc1ccc(OCC(=O)O)cc1. The van der Waals surface area contributed by atoms with E-state index in [1.807, 2.05) is 0 Å². The Bertz CT molecular complexity index is 719. The number of benzene rings is 1. The summed E-state index contributed by atoms with van der Waals surface area (Å²) < 4.78 is 5.04. The number of rotatable bonds is 19. The zero-order valence-corrected chi connectivity index (χ0v) is 19.8. The van der Waals surface area contributed by atoms with E-state index in [0.717, 1.165) is 19.3 Å². The molecule has 0 aliphatic rings. The molecule has 0 atom stereocenters. The van der Waals surface area contributed by atoms with Crippen LogP contribution in [-0.4, -0.2) is 42.3 Å². The molecule has 0 radical (unpaired) electrons. The number of ether oxygens (including phenoxy) is 1. The standard InChI is InChI=1S/C25H39N3O5/c1-2-3-4-5-6-7-8-9-10-11-12-13-23(29)26-19-24(30)28-27-18-21-14-16-22(17-15-21)33-20-25(31)32/h14-18H,2-13,19-20H2,1H3,(H,26,29)(H,28,30)(H,31,32). The van der Waals surface area contributed by atoms with Gasteiger partial charge in [-0.25, -0.2) is 10.2 Å². The molecule has 0 spiro atoms. The van der Waals surface area contributed by atoms with Crippen molar-refractivity contribution in [2.75, 3.05) is 13.2 Å². The number of nitrogens with zero attached hydrogens (tertiary/aromatic N) is 1. The van der Waals surface area contributed by atoms with Crippen LogP contribution >= 0.6 is 0 Å². The number of hydrazone groups is 1. The highest BCUT2D eigenvalue weighted by atomic mass is 16.5. The monoisotopic (exact) mass is 461 g/mol. The maximum atomic E-state index is 11.9. The highest BCUT2D eigenvalue weighted by molar-refractivity contribution is 5.86. The second-order valence-electron chi connectivity index (χ2n) is 8.11. The fraction of sp³-hybridized carbons (Fsp3) is 0.600. The number of hydrogen-bond donors (Lipinski definition) is 3. The van der Waals surface area contributed by atoms with Gasteiger partial charge in [0.05, 0.1) is 12.8 Å². The number of carboxylic acid groups (broad SMARTS) is 1. The summed E-state index contributed by atoms with van der Waals surface area (Å²) in [6.07, 6.45) is 15.4. The van der Waals surface area contributed by atoms with E-state index in [4.69, 9.17) is 9.84 Å². The summed E-state index contributed by atoms with van der Waals surface area (Å²) in [5.41, 5.74) is 3.07. The number of hydrogen-bond acceptors (Lipinski definition) is 5. The van der Waals surface area contributed by atoms with Crippen LogP contribution in [-0.2, 0) is 14.4 Å². The predicted octanol–water partition coefficient (Wildman–Crippen LogP) is 4.42. The van der Waals surface area contributed by atoms with Crippen molar-refractivity contribution in [1.82, 2.24) is 10.7 Å². The van der Waals surface area contributed by atoms with Gasteiger partial charge in [0.2, 0.25) is 5.91 Å². The Hall–Kier alpha value is -2.90. The average Bonchev–Trinajstić information content (AvgIpc) is 2.80. The molecule has 3 N–H and O–H groups in total. The smallest absolute Gasteiger partial charge is 0.341 e. The molecule has 0 aliphatic carbocycles. The lowest BCUT2D eigenvalue weighted by molar-refractivity contribution is -0.139. The van der Waals surface area contributed by atoms with Crippen LogP contribution in [0.25, 0.3) is 0 Å². The van der Waals surface area contributed by atoms with Crippen LogP contribution in [0.5, 0.6) is 5.75 Å². The molecule has 1 rings (SSSR count). The first-order valence-corrected chi connectivity index (χ1v) is 12.0. The fourth-order valence-electron chi connectivity index (χ4n) is 3.23. The zero-order valence-electron chi connectivity index (χ0n) is 19.8. The van der Waals surface area contributed by atoms with E-state index >= 15 is 0 Å². The number of amides is 2. The van der Waals surface area contributed by atoms with Gasteiger partial charge in [-0.15, -0.1) is 0 Å². The van der Waals surface area contributed by atoms with E-state index in [1.54, 1.807) is 24.3 Å². The molecular weight excluding hydrogens is 422 g/mol. The summed E-state index contributed by atoms with van der Waals surface area (Å²) in [6.45, 7) is 1.71. The largest absolute Gasteiger partial charge is 0.482 e. The number of aliphatic carboxylic acids is 1. The minimum absolute atomic E-state index is 0.115. The molecule has 0 unspecified atom stereocenters. The van der Waals surface area contributed by atoms with E-state index in [-0.39, 0.29) is 12.5 Å². The Morgan fingerprint density at radius 3 is 2.03 bits per heavy atom. The number of unbranched alkanes of at least 4 members (excludes halogenated alkanes) is 10. The molecule has 0 heterocycles. The lowest BCUT2D eigenvalue weighted by Gasteiger charge is -2.05. The first-order chi connectivity index (χ1) is 16.0. The maximum Gasteiger partial charge on any atom is 0.341 e. The molecule has 1 aromatic carbocycles. The predicted molar refractivity (Wildman–Crippen MR) is 129 cm³/mol. The van der Waals surface area contributed by atoms with Gasteiger partial charge in [-0.2, -0.15) is 5.10 Å². The lowest BCUT2D eigenvalue weighted by atomic mass is 10.1. The molecule has 33 heavy (non-hydrogen) atoms. The Labute approximate surface area is 197 Å². The van der Waals surface area contributed by atoms with Gasteiger partial charge in [0.25, 0.3) is 5.91 Å². The van der Waals surface area contributed by atoms with Gasteiger partial charge in [-0.3, -0.25) is 9.59 Å². The summed E-state index contributed by atoms with van der Waals surface area (Å²) >= 11 is 0. The first-order valence-electron chi connectivity index (χ1n) is 12.0. The number of carbonyl (C=O) groups excluding carboxylic acids is 2. The van der Waals surface area contributed by atoms with Crippen LogP contribution in [0.15, 0.2) is 29.4 Å². The maximum absolute atomic E-state index is 11.9. The van der Waals surface area contributed by atoms with Crippen molar-refractivity contribution >= 4 is 24.0 Å². The van der Waals surface area contributed by atoms with E-state index in [2.05, 4.69) is 22.8 Å². The second-order valence-corrected chi connectivity index (χ2v) is 8.11. The van der Waals surface area contributed by atoms with Crippen LogP contribution in [0.1, 0.15) is 89.5 Å². The van der Waals surface area contributed by atoms with Gasteiger partial charge in [-0.1, -0.05) is 71.1 Å². The number of nitrogens with one attached hydrogen (secondary N) is 2. The summed E-state index contributed by atoms with van der Waals surface area (Å²) in [5, 5.41) is 15.0. The third kappa shape index (κ3) is 16.4. The molecule has 8 nitrogen and oxygen atoms in total. The molecule has 0 saturated carbocycles. The van der Waals surface area contributed by atoms with Gasteiger partial charge in [0, 0.05) is 6.42 Å². The van der Waals surface area contributed by atoms with E-state index in [0.29, 0.717) is 17.7 Å². The highest BCUT2D eigenvalue weighted by Crippen LogP contribution is 2.12. The first kappa shape index (κ1) is 28.1. The average molecular weight is 462 g/mol. The third-order valence-corrected chi connectivity index (χ3v) is 5.10. The quantitative estimate of drug-likeness (QED) is 0.160. The van der Waals surface area contributed by atoms with Gasteiger partial charge >= 0.3 is 5.97 Å². The molecule has 0 bridgehead atoms. The Balaban J connectivity index is 2.03. The Morgan fingerprint density at radius 2 is 1.45 bits per heavy atom. The third-order valence-electron chi connectivity index (χ3n) is 5.10. The summed E-state index contributed by atoms with van der Waals surface area (Å²) in [5.74, 6) is -1.14. The molecule has 184 valence electrons. The van der Waals surface area contributed by atoms with Crippen molar-refractivity contribution in [3.05, 3.63) is 29.8 Å². The van der Waals surface area contributed by atoms with E-state index in [1.165, 1.54) is 57.6 Å². The molecule has 2 amide bonds. The van der Waals surface area contributed by atoms with Crippen LogP contribution in [0, 0.1) is 0 Å². The lowest BCUT2D eigenvalue weighted by Crippen LogP contribution is -2.34. The van der Waals surface area contributed by atoms with Crippen molar-refractivity contribution in [3.63, 3.8) is 0 Å². The number of carbonyl (C=O) groups is 3. The van der Waals surface area contributed by atoms with Crippen molar-refractivity contribution in [2.45, 2.75) is 84.0 Å². The molecule has 8 heteroatoms. The molecule has 0 aromatic heterocycles. The van der Waals surface area contributed by atoms with Gasteiger partial charge < -0.3 is 15.2 Å². The minimum Gasteiger partial charge on any atom is -0.482 e. The van der Waals surface area contributed by atoms with Crippen LogP contribution in [0.4, 0.5) is 0 Å².